The fraction of sp³-hybridized carbons (Fsp3) is 0.818. The van der Waals surface area contributed by atoms with Crippen LogP contribution in [0.4, 0.5) is 0 Å². The number of rotatable bonds is 4. The molecule has 0 aromatic rings. The van der Waals surface area contributed by atoms with Crippen LogP contribution in [0.3, 0.4) is 0 Å². The third-order valence-corrected chi connectivity index (χ3v) is 3.40. The molecule has 1 saturated heterocycles. The van der Waals surface area contributed by atoms with Crippen molar-refractivity contribution >= 4 is 0 Å². The second-order valence-electron chi connectivity index (χ2n) is 4.21. The van der Waals surface area contributed by atoms with Gasteiger partial charge in [-0.05, 0) is 25.8 Å². The number of ether oxygens (including phenoxy) is 1. The summed E-state index contributed by atoms with van der Waals surface area (Å²) in [5.74, 6) is 0.715. The highest BCUT2D eigenvalue weighted by atomic mass is 16.5. The predicted octanol–water partition coefficient (Wildman–Crippen LogP) is 1.92. The van der Waals surface area contributed by atoms with E-state index in [0.717, 1.165) is 13.2 Å². The van der Waals surface area contributed by atoms with Gasteiger partial charge in [-0.1, -0.05) is 13.0 Å². The lowest BCUT2D eigenvalue weighted by molar-refractivity contribution is 0.0357. The van der Waals surface area contributed by atoms with E-state index in [1.807, 2.05) is 6.08 Å². The maximum Gasteiger partial charge on any atom is 0.0646 e. The van der Waals surface area contributed by atoms with Crippen LogP contribution in [0.25, 0.3) is 0 Å². The molecule has 2 heteroatoms. The van der Waals surface area contributed by atoms with Gasteiger partial charge in [0, 0.05) is 19.2 Å². The summed E-state index contributed by atoms with van der Waals surface area (Å²) in [6, 6.07) is 0. The van der Waals surface area contributed by atoms with Gasteiger partial charge in [0.1, 0.15) is 0 Å². The minimum atomic E-state index is 0.211. The predicted molar refractivity (Wildman–Crippen MR) is 55.8 cm³/mol. The Bertz CT molecular complexity index is 181. The number of hydrogen-bond acceptors (Lipinski definition) is 2. The van der Waals surface area contributed by atoms with Gasteiger partial charge in [-0.2, -0.15) is 0 Å². The lowest BCUT2D eigenvalue weighted by Gasteiger charge is -2.37. The Kier molecular flexibility index (Phi) is 3.51. The summed E-state index contributed by atoms with van der Waals surface area (Å²) in [4.78, 5) is 2.47. The van der Waals surface area contributed by atoms with Crippen LogP contribution in [-0.2, 0) is 4.74 Å². The van der Waals surface area contributed by atoms with E-state index >= 15 is 0 Å². The highest BCUT2D eigenvalue weighted by Crippen LogP contribution is 2.34. The van der Waals surface area contributed by atoms with E-state index in [-0.39, 0.29) is 5.54 Å². The van der Waals surface area contributed by atoms with Crippen molar-refractivity contribution in [3.8, 4) is 0 Å². The van der Waals surface area contributed by atoms with Gasteiger partial charge in [0.05, 0.1) is 6.61 Å². The van der Waals surface area contributed by atoms with E-state index in [2.05, 4.69) is 25.3 Å². The molecule has 13 heavy (non-hydrogen) atoms. The van der Waals surface area contributed by atoms with Crippen molar-refractivity contribution in [3.05, 3.63) is 12.7 Å². The molecule has 2 atom stereocenters. The largest absolute Gasteiger partial charge is 0.383 e. The van der Waals surface area contributed by atoms with Crippen molar-refractivity contribution in [2.45, 2.75) is 25.8 Å². The molecule has 1 aliphatic rings. The van der Waals surface area contributed by atoms with E-state index in [1.165, 1.54) is 13.0 Å². The van der Waals surface area contributed by atoms with Crippen molar-refractivity contribution in [2.75, 3.05) is 26.8 Å². The third-order valence-electron chi connectivity index (χ3n) is 3.40. The molecule has 0 radical (unpaired) electrons. The van der Waals surface area contributed by atoms with Gasteiger partial charge in [0.2, 0.25) is 0 Å². The van der Waals surface area contributed by atoms with E-state index in [1.54, 1.807) is 7.11 Å². The van der Waals surface area contributed by atoms with Gasteiger partial charge in [0.15, 0.2) is 0 Å². The Morgan fingerprint density at radius 3 is 2.92 bits per heavy atom. The molecule has 2 unspecified atom stereocenters. The Labute approximate surface area is 81.6 Å². The van der Waals surface area contributed by atoms with Crippen LogP contribution < -0.4 is 0 Å². The fourth-order valence-electron chi connectivity index (χ4n) is 2.21. The zero-order chi connectivity index (χ0) is 9.90. The van der Waals surface area contributed by atoms with Crippen LogP contribution in [-0.4, -0.2) is 37.2 Å². The fourth-order valence-corrected chi connectivity index (χ4v) is 2.21. The Hall–Kier alpha value is -0.340. The molecule has 0 N–H and O–H groups in total. The smallest absolute Gasteiger partial charge is 0.0646 e. The molecule has 1 fully saturated rings. The van der Waals surface area contributed by atoms with E-state index < -0.39 is 0 Å². The summed E-state index contributed by atoms with van der Waals surface area (Å²) < 4.78 is 5.30. The molecule has 1 heterocycles. The van der Waals surface area contributed by atoms with Crippen molar-refractivity contribution in [2.24, 2.45) is 5.92 Å². The minimum Gasteiger partial charge on any atom is -0.383 e. The van der Waals surface area contributed by atoms with Crippen molar-refractivity contribution in [3.63, 3.8) is 0 Å². The average Bonchev–Trinajstić information content (AvgIpc) is 2.34. The topological polar surface area (TPSA) is 12.5 Å². The molecule has 0 amide bonds. The molecule has 0 aliphatic carbocycles. The first-order valence-corrected chi connectivity index (χ1v) is 5.00. The summed E-state index contributed by atoms with van der Waals surface area (Å²) >= 11 is 0. The van der Waals surface area contributed by atoms with E-state index in [0.29, 0.717) is 5.92 Å². The van der Waals surface area contributed by atoms with Gasteiger partial charge in [-0.3, -0.25) is 4.90 Å². The van der Waals surface area contributed by atoms with Crippen LogP contribution in [0.2, 0.25) is 0 Å². The minimum absolute atomic E-state index is 0.211. The molecule has 0 aromatic heterocycles. The average molecular weight is 183 g/mol. The monoisotopic (exact) mass is 183 g/mol. The standard InChI is InChI=1S/C11H21NO/c1-5-7-12-8-6-10(2)11(12,3)9-13-4/h5,10H,1,6-9H2,2-4H3. The van der Waals surface area contributed by atoms with Gasteiger partial charge >= 0.3 is 0 Å². The Morgan fingerprint density at radius 1 is 1.69 bits per heavy atom. The molecule has 0 bridgehead atoms. The first-order chi connectivity index (χ1) is 6.15. The Balaban J connectivity index is 2.68. The highest BCUT2D eigenvalue weighted by molar-refractivity contribution is 4.98. The molecule has 1 aliphatic heterocycles. The van der Waals surface area contributed by atoms with Crippen LogP contribution >= 0.6 is 0 Å². The highest BCUT2D eigenvalue weighted by Gasteiger charge is 2.41. The summed E-state index contributed by atoms with van der Waals surface area (Å²) in [7, 11) is 1.78. The molecule has 0 saturated carbocycles. The van der Waals surface area contributed by atoms with Crippen LogP contribution in [0.15, 0.2) is 12.7 Å². The lowest BCUT2D eigenvalue weighted by atomic mass is 9.89. The summed E-state index contributed by atoms with van der Waals surface area (Å²) in [5, 5.41) is 0. The van der Waals surface area contributed by atoms with Gasteiger partial charge in [-0.15, -0.1) is 6.58 Å². The second kappa shape index (κ2) is 4.25. The molecule has 2 nitrogen and oxygen atoms in total. The number of methoxy groups -OCH3 is 1. The zero-order valence-electron chi connectivity index (χ0n) is 9.05. The molecule has 0 spiro atoms. The van der Waals surface area contributed by atoms with Gasteiger partial charge < -0.3 is 4.74 Å². The van der Waals surface area contributed by atoms with E-state index in [4.69, 9.17) is 4.74 Å². The molecular weight excluding hydrogens is 162 g/mol. The van der Waals surface area contributed by atoms with Crippen molar-refractivity contribution < 1.29 is 4.74 Å². The number of nitrogens with zero attached hydrogens (tertiary/aromatic N) is 1. The molecular formula is C11H21NO. The molecule has 0 aromatic carbocycles. The number of hydrogen-bond donors (Lipinski definition) is 0. The molecule has 1 rings (SSSR count). The van der Waals surface area contributed by atoms with Crippen molar-refractivity contribution in [1.29, 1.82) is 0 Å². The normalized spacial score (nSPS) is 35.2. The maximum atomic E-state index is 5.30. The van der Waals surface area contributed by atoms with Gasteiger partial charge in [0.25, 0.3) is 0 Å². The van der Waals surface area contributed by atoms with Crippen LogP contribution in [0, 0.1) is 5.92 Å². The maximum absolute atomic E-state index is 5.30. The third kappa shape index (κ3) is 1.94. The first-order valence-electron chi connectivity index (χ1n) is 5.00. The summed E-state index contributed by atoms with van der Waals surface area (Å²) in [5.41, 5.74) is 0.211. The quantitative estimate of drug-likeness (QED) is 0.617. The first kappa shape index (κ1) is 10.7. The molecule has 76 valence electrons. The lowest BCUT2D eigenvalue weighted by Crippen LogP contribution is -2.48. The second-order valence-corrected chi connectivity index (χ2v) is 4.21. The Morgan fingerprint density at radius 2 is 2.38 bits per heavy atom. The van der Waals surface area contributed by atoms with E-state index in [9.17, 15) is 0 Å². The summed E-state index contributed by atoms with van der Waals surface area (Å²) in [6.45, 7) is 11.4. The number of likely N-dealkylation sites (tertiary alicyclic amines) is 1. The SMILES string of the molecule is C=CCN1CCC(C)C1(C)COC. The van der Waals surface area contributed by atoms with Crippen LogP contribution in [0.1, 0.15) is 20.3 Å². The summed E-state index contributed by atoms with van der Waals surface area (Å²) in [6.07, 6.45) is 3.25. The van der Waals surface area contributed by atoms with Crippen LogP contribution in [0.5, 0.6) is 0 Å². The van der Waals surface area contributed by atoms with Gasteiger partial charge in [-0.25, -0.2) is 0 Å². The van der Waals surface area contributed by atoms with Crippen molar-refractivity contribution in [1.82, 2.24) is 4.90 Å². The zero-order valence-corrected chi connectivity index (χ0v) is 9.05.